The van der Waals surface area contributed by atoms with Crippen molar-refractivity contribution in [2.45, 2.75) is 27.7 Å². The molecule has 2 heterocycles. The van der Waals surface area contributed by atoms with E-state index in [1.54, 1.807) is 6.08 Å². The Morgan fingerprint density at radius 2 is 1.69 bits per heavy atom. The van der Waals surface area contributed by atoms with Gasteiger partial charge in [-0.3, -0.25) is 14.8 Å². The average molecular weight is 387 g/mol. The molecule has 2 aromatic carbocycles. The van der Waals surface area contributed by atoms with E-state index in [-0.39, 0.29) is 5.56 Å². The van der Waals surface area contributed by atoms with E-state index in [2.05, 4.69) is 9.98 Å². The number of H-pyrrole nitrogens is 1. The minimum absolute atomic E-state index is 0.0187. The monoisotopic (exact) mass is 387 g/mol. The molecule has 0 fully saturated rings. The van der Waals surface area contributed by atoms with Crippen molar-refractivity contribution in [3.05, 3.63) is 85.1 Å². The van der Waals surface area contributed by atoms with Gasteiger partial charge in [-0.2, -0.15) is 0 Å². The predicted octanol–water partition coefficient (Wildman–Crippen LogP) is 3.80. The topological polar surface area (TPSA) is 87.4 Å². The molecule has 1 aliphatic heterocycles. The van der Waals surface area contributed by atoms with Crippen LogP contribution in [-0.4, -0.2) is 20.4 Å². The molecule has 146 valence electrons. The summed E-state index contributed by atoms with van der Waals surface area (Å²) in [6.45, 7) is 7.55. The van der Waals surface area contributed by atoms with E-state index < -0.39 is 17.1 Å². The van der Waals surface area contributed by atoms with Gasteiger partial charge in [0.2, 0.25) is 5.88 Å². The van der Waals surface area contributed by atoms with Crippen LogP contribution in [-0.2, 0) is 0 Å². The van der Waals surface area contributed by atoms with E-state index in [1.807, 2.05) is 64.1 Å². The van der Waals surface area contributed by atoms with Crippen LogP contribution in [0.3, 0.4) is 0 Å². The molecular formula is C23H21N3O3. The lowest BCUT2D eigenvalue weighted by molar-refractivity contribution is 0.429. The van der Waals surface area contributed by atoms with Crippen molar-refractivity contribution in [1.82, 2.24) is 9.55 Å². The lowest BCUT2D eigenvalue weighted by Crippen LogP contribution is -2.31. The second kappa shape index (κ2) is 6.74. The molecule has 6 heteroatoms. The first-order valence-corrected chi connectivity index (χ1v) is 9.31. The summed E-state index contributed by atoms with van der Waals surface area (Å²) in [6, 6.07) is 11.5. The van der Waals surface area contributed by atoms with Gasteiger partial charge >= 0.3 is 5.69 Å². The Balaban J connectivity index is 2.00. The zero-order valence-electron chi connectivity index (χ0n) is 16.7. The van der Waals surface area contributed by atoms with Gasteiger partial charge in [0.05, 0.1) is 11.4 Å². The Morgan fingerprint density at radius 1 is 1.03 bits per heavy atom. The number of fused-ring (bicyclic) bond motifs is 1. The third-order valence-electron chi connectivity index (χ3n) is 5.14. The van der Waals surface area contributed by atoms with Gasteiger partial charge in [-0.05, 0) is 51.0 Å². The Labute approximate surface area is 167 Å². The highest BCUT2D eigenvalue weighted by atomic mass is 16.3. The van der Waals surface area contributed by atoms with Crippen LogP contribution in [0.25, 0.3) is 17.3 Å². The standard InChI is InChI=1S/C23H21N3O3/c1-12-9-13(2)20(14(3)10-12)26-22(28)18(21(27)25-23(26)29)11-17-15(4)24-19-8-6-5-7-16(17)19/h5-11,28H,1-4H3,(H,25,27,29). The molecule has 0 aliphatic carbocycles. The quantitative estimate of drug-likeness (QED) is 0.701. The van der Waals surface area contributed by atoms with Crippen LogP contribution in [0, 0.1) is 20.8 Å². The van der Waals surface area contributed by atoms with Crippen LogP contribution in [0.2, 0.25) is 0 Å². The van der Waals surface area contributed by atoms with Gasteiger partial charge in [0, 0.05) is 16.8 Å². The van der Waals surface area contributed by atoms with Gasteiger partial charge < -0.3 is 5.11 Å². The lowest BCUT2D eigenvalue weighted by atomic mass is 10.0. The number of rotatable bonds is 2. The van der Waals surface area contributed by atoms with Crippen molar-refractivity contribution in [3.8, 4) is 11.6 Å². The molecule has 0 bridgehead atoms. The summed E-state index contributed by atoms with van der Waals surface area (Å²) in [5, 5.41) is 11.0. The smallest absolute Gasteiger partial charge is 0.335 e. The Bertz CT molecular complexity index is 1320. The van der Waals surface area contributed by atoms with E-state index in [9.17, 15) is 14.7 Å². The molecule has 0 amide bonds. The predicted molar refractivity (Wildman–Crippen MR) is 116 cm³/mol. The van der Waals surface area contributed by atoms with Crippen LogP contribution >= 0.6 is 0 Å². The maximum atomic E-state index is 12.6. The molecule has 1 aromatic heterocycles. The fraction of sp³-hybridized carbons (Fsp3) is 0.174. The van der Waals surface area contributed by atoms with E-state index in [4.69, 9.17) is 0 Å². The Morgan fingerprint density at radius 3 is 2.38 bits per heavy atom. The maximum Gasteiger partial charge on any atom is 0.335 e. The largest absolute Gasteiger partial charge is 0.494 e. The third kappa shape index (κ3) is 3.02. The summed E-state index contributed by atoms with van der Waals surface area (Å²) in [6.07, 6.45) is 1.59. The van der Waals surface area contributed by atoms with Crippen molar-refractivity contribution in [2.24, 2.45) is 4.99 Å². The Hall–Kier alpha value is -3.67. The van der Waals surface area contributed by atoms with E-state index in [0.29, 0.717) is 5.69 Å². The molecule has 1 aliphatic rings. The number of aromatic nitrogens is 2. The lowest BCUT2D eigenvalue weighted by Gasteiger charge is -2.16. The zero-order chi connectivity index (χ0) is 20.9. The first-order chi connectivity index (χ1) is 13.8. The normalized spacial score (nSPS) is 14.2. The first kappa shape index (κ1) is 18.7. The number of hydrogen-bond donors (Lipinski definition) is 2. The number of aliphatic imine (C=N–C) groups is 1. The minimum atomic E-state index is -0.679. The average Bonchev–Trinajstić information content (AvgIpc) is 2.95. The van der Waals surface area contributed by atoms with Crippen LogP contribution in [0.15, 0.2) is 51.0 Å². The number of benzene rings is 2. The summed E-state index contributed by atoms with van der Waals surface area (Å²) in [4.78, 5) is 32.0. The zero-order valence-corrected chi connectivity index (χ0v) is 16.7. The molecule has 0 saturated carbocycles. The van der Waals surface area contributed by atoms with Gasteiger partial charge in [0.15, 0.2) is 0 Å². The van der Waals surface area contributed by atoms with Crippen LogP contribution in [0.4, 0.5) is 5.69 Å². The number of hydrogen-bond acceptors (Lipinski definition) is 4. The number of aromatic amines is 1. The van der Waals surface area contributed by atoms with Gasteiger partial charge in [-0.25, -0.2) is 9.36 Å². The number of nitrogens with one attached hydrogen (secondary N) is 1. The molecule has 0 spiro atoms. The summed E-state index contributed by atoms with van der Waals surface area (Å²) < 4.78 is 1.16. The van der Waals surface area contributed by atoms with Crippen molar-refractivity contribution < 1.29 is 5.11 Å². The molecule has 29 heavy (non-hydrogen) atoms. The van der Waals surface area contributed by atoms with Crippen molar-refractivity contribution >= 4 is 23.0 Å². The van der Waals surface area contributed by atoms with Crippen LogP contribution in [0.1, 0.15) is 34.7 Å². The highest BCUT2D eigenvalue weighted by molar-refractivity contribution is 6.31. The van der Waals surface area contributed by atoms with Gasteiger partial charge in [-0.15, -0.1) is 0 Å². The molecule has 2 N–H and O–H groups in total. The molecule has 0 unspecified atom stereocenters. The van der Waals surface area contributed by atoms with Gasteiger partial charge in [0.25, 0.3) is 5.56 Å². The Kier molecular flexibility index (Phi) is 4.34. The van der Waals surface area contributed by atoms with Crippen LogP contribution in [0.5, 0.6) is 5.88 Å². The number of para-hydroxylation sites is 1. The molecule has 0 radical (unpaired) electrons. The maximum absolute atomic E-state index is 12.6. The number of nitrogens with zero attached hydrogens (tertiary/aromatic N) is 2. The second-order valence-electron chi connectivity index (χ2n) is 7.35. The summed E-state index contributed by atoms with van der Waals surface area (Å²) in [5.41, 5.74) is 5.14. The van der Waals surface area contributed by atoms with E-state index in [1.165, 1.54) is 0 Å². The first-order valence-electron chi connectivity index (χ1n) is 9.31. The van der Waals surface area contributed by atoms with E-state index in [0.717, 1.165) is 43.8 Å². The summed E-state index contributed by atoms with van der Waals surface area (Å²) in [7, 11) is 0. The number of aromatic hydroxyl groups is 1. The summed E-state index contributed by atoms with van der Waals surface area (Å²) >= 11 is 0. The fourth-order valence-electron chi connectivity index (χ4n) is 3.96. The minimum Gasteiger partial charge on any atom is -0.494 e. The molecule has 0 saturated heterocycles. The van der Waals surface area contributed by atoms with Crippen LogP contribution < -0.4 is 11.2 Å². The molecular weight excluding hydrogens is 366 g/mol. The van der Waals surface area contributed by atoms with E-state index >= 15 is 0 Å². The van der Waals surface area contributed by atoms with Crippen molar-refractivity contribution in [2.75, 3.05) is 0 Å². The van der Waals surface area contributed by atoms with Crippen molar-refractivity contribution in [3.63, 3.8) is 0 Å². The summed E-state index contributed by atoms with van der Waals surface area (Å²) in [5.74, 6) is -0.390. The van der Waals surface area contributed by atoms with Gasteiger partial charge in [-0.1, -0.05) is 35.9 Å². The highest BCUT2D eigenvalue weighted by Gasteiger charge is 2.21. The molecule has 3 aromatic rings. The third-order valence-corrected chi connectivity index (χ3v) is 5.14. The number of allylic oxidation sites excluding steroid dienone is 1. The van der Waals surface area contributed by atoms with Gasteiger partial charge in [0.1, 0.15) is 5.56 Å². The molecule has 0 atom stereocenters. The number of aryl methyl sites for hydroxylation is 3. The molecule has 4 rings (SSSR count). The molecule has 6 nitrogen and oxygen atoms in total. The highest BCUT2D eigenvalue weighted by Crippen LogP contribution is 2.36. The van der Waals surface area contributed by atoms with Crippen molar-refractivity contribution in [1.29, 1.82) is 0 Å². The second-order valence-corrected chi connectivity index (χ2v) is 7.35. The SMILES string of the molecule is CC1=Nc2ccccc2C1=Cc1c(O)n(-c2c(C)cc(C)cc2C)c(=O)[nH]c1=O. The fourth-order valence-corrected chi connectivity index (χ4v) is 3.96.